The molecule has 1 saturated heterocycles. The van der Waals surface area contributed by atoms with Crippen LogP contribution in [0.4, 0.5) is 0 Å². The Labute approximate surface area is 125 Å². The number of likely N-dealkylation sites (tertiary alicyclic amines) is 1. The molecule has 1 aliphatic carbocycles. The summed E-state index contributed by atoms with van der Waals surface area (Å²) in [6.07, 6.45) is 6.68. The van der Waals surface area contributed by atoms with Gasteiger partial charge in [0, 0.05) is 32.7 Å². The second-order valence-corrected chi connectivity index (χ2v) is 6.30. The normalized spacial score (nSPS) is 24.1. The maximum Gasteiger partial charge on any atom is 0.248 e. The van der Waals surface area contributed by atoms with Gasteiger partial charge < -0.3 is 14.2 Å². The first-order chi connectivity index (χ1) is 10.2. The molecular weight excluding hydrogens is 268 g/mol. The lowest BCUT2D eigenvalue weighted by atomic mass is 9.76. The Balaban J connectivity index is 1.88. The number of carbonyl (C=O) groups is 1. The molecule has 0 bridgehead atoms. The second kappa shape index (κ2) is 5.75. The molecule has 0 radical (unpaired) electrons. The summed E-state index contributed by atoms with van der Waals surface area (Å²) in [5.41, 5.74) is 0.198. The first-order valence-corrected chi connectivity index (χ1v) is 7.84. The summed E-state index contributed by atoms with van der Waals surface area (Å²) in [7, 11) is 1.57. The molecule has 3 rings (SSSR count). The molecule has 1 saturated carbocycles. The largest absolute Gasteiger partial charge is 0.375 e. The maximum absolute atomic E-state index is 12.2. The number of hydrogen-bond acceptors (Lipinski definition) is 4. The van der Waals surface area contributed by atoms with Crippen LogP contribution in [0.1, 0.15) is 44.3 Å². The number of rotatable bonds is 4. The van der Waals surface area contributed by atoms with Crippen molar-refractivity contribution in [1.29, 1.82) is 0 Å². The number of nitrogens with zero attached hydrogens (tertiary/aromatic N) is 4. The molecule has 2 fully saturated rings. The SMILES string of the molecule is CCn1cnnc1C1CN(C(=O)COC)CC12CCCC2. The van der Waals surface area contributed by atoms with Gasteiger partial charge in [-0.3, -0.25) is 4.79 Å². The Morgan fingerprint density at radius 1 is 1.48 bits per heavy atom. The van der Waals surface area contributed by atoms with Gasteiger partial charge >= 0.3 is 0 Å². The molecule has 0 aromatic carbocycles. The van der Waals surface area contributed by atoms with E-state index in [2.05, 4.69) is 21.7 Å². The molecule has 1 aromatic rings. The highest BCUT2D eigenvalue weighted by Gasteiger charge is 2.51. The van der Waals surface area contributed by atoms with Gasteiger partial charge in [-0.25, -0.2) is 0 Å². The summed E-state index contributed by atoms with van der Waals surface area (Å²) in [5.74, 6) is 1.45. The van der Waals surface area contributed by atoms with E-state index in [1.807, 2.05) is 4.90 Å². The van der Waals surface area contributed by atoms with Crippen LogP contribution in [-0.2, 0) is 16.1 Å². The van der Waals surface area contributed by atoms with Gasteiger partial charge in [0.25, 0.3) is 0 Å². The highest BCUT2D eigenvalue weighted by molar-refractivity contribution is 5.78. The maximum atomic E-state index is 12.2. The van der Waals surface area contributed by atoms with E-state index in [0.29, 0.717) is 5.92 Å². The number of amides is 1. The average Bonchev–Trinajstić information content (AvgIpc) is 3.20. The minimum Gasteiger partial charge on any atom is -0.375 e. The van der Waals surface area contributed by atoms with E-state index in [9.17, 15) is 4.79 Å². The number of aromatic nitrogens is 3. The van der Waals surface area contributed by atoms with Crippen molar-refractivity contribution in [2.75, 3.05) is 26.8 Å². The van der Waals surface area contributed by atoms with E-state index in [0.717, 1.165) is 25.5 Å². The number of carbonyl (C=O) groups excluding carboxylic acids is 1. The van der Waals surface area contributed by atoms with Crippen LogP contribution in [0.15, 0.2) is 6.33 Å². The third-order valence-corrected chi connectivity index (χ3v) is 5.17. The predicted octanol–water partition coefficient (Wildman–Crippen LogP) is 1.43. The van der Waals surface area contributed by atoms with Crippen molar-refractivity contribution in [1.82, 2.24) is 19.7 Å². The molecule has 2 aliphatic rings. The standard InChI is InChI=1S/C15H24N4O2/c1-3-18-11-16-17-14(18)12-8-19(13(20)9-21-2)10-15(12)6-4-5-7-15/h11-12H,3-10H2,1-2H3. The molecule has 1 spiro atoms. The Morgan fingerprint density at radius 2 is 2.24 bits per heavy atom. The first-order valence-electron chi connectivity index (χ1n) is 7.84. The van der Waals surface area contributed by atoms with Crippen molar-refractivity contribution in [3.63, 3.8) is 0 Å². The van der Waals surface area contributed by atoms with Gasteiger partial charge in [-0.15, -0.1) is 10.2 Å². The third-order valence-electron chi connectivity index (χ3n) is 5.17. The molecular formula is C15H24N4O2. The van der Waals surface area contributed by atoms with Gasteiger partial charge in [0.1, 0.15) is 18.8 Å². The zero-order valence-corrected chi connectivity index (χ0v) is 12.9. The van der Waals surface area contributed by atoms with E-state index >= 15 is 0 Å². The molecule has 1 aromatic heterocycles. The second-order valence-electron chi connectivity index (χ2n) is 6.30. The first kappa shape index (κ1) is 14.5. The zero-order valence-electron chi connectivity index (χ0n) is 12.9. The fraction of sp³-hybridized carbons (Fsp3) is 0.800. The minimum absolute atomic E-state index is 0.0915. The van der Waals surface area contributed by atoms with Crippen molar-refractivity contribution in [2.24, 2.45) is 5.41 Å². The van der Waals surface area contributed by atoms with E-state index in [1.54, 1.807) is 13.4 Å². The van der Waals surface area contributed by atoms with E-state index in [1.165, 1.54) is 25.7 Å². The van der Waals surface area contributed by atoms with Crippen LogP contribution in [0.3, 0.4) is 0 Å². The Bertz CT molecular complexity index is 508. The number of methoxy groups -OCH3 is 1. The van der Waals surface area contributed by atoms with E-state index < -0.39 is 0 Å². The number of aryl methyl sites for hydroxylation is 1. The lowest BCUT2D eigenvalue weighted by molar-refractivity contribution is -0.134. The summed E-state index contributed by atoms with van der Waals surface area (Å²) in [6, 6.07) is 0. The Morgan fingerprint density at radius 3 is 2.90 bits per heavy atom. The van der Waals surface area contributed by atoms with Gasteiger partial charge in [-0.1, -0.05) is 12.8 Å². The molecule has 6 nitrogen and oxygen atoms in total. The summed E-state index contributed by atoms with van der Waals surface area (Å²) in [5, 5.41) is 8.45. The molecule has 1 aliphatic heterocycles. The quantitative estimate of drug-likeness (QED) is 0.842. The van der Waals surface area contributed by atoms with Crippen LogP contribution < -0.4 is 0 Å². The predicted molar refractivity (Wildman–Crippen MR) is 77.8 cm³/mol. The van der Waals surface area contributed by atoms with Gasteiger partial charge in [-0.2, -0.15) is 0 Å². The van der Waals surface area contributed by atoms with E-state index in [-0.39, 0.29) is 17.9 Å². The zero-order chi connectivity index (χ0) is 14.9. The van der Waals surface area contributed by atoms with Crippen LogP contribution in [0.25, 0.3) is 0 Å². The lowest BCUT2D eigenvalue weighted by Gasteiger charge is -2.29. The highest BCUT2D eigenvalue weighted by atomic mass is 16.5. The Kier molecular flexibility index (Phi) is 3.97. The average molecular weight is 292 g/mol. The van der Waals surface area contributed by atoms with Crippen molar-refractivity contribution in [2.45, 2.75) is 45.1 Å². The highest BCUT2D eigenvalue weighted by Crippen LogP contribution is 2.52. The van der Waals surface area contributed by atoms with Gasteiger partial charge in [0.2, 0.25) is 5.91 Å². The monoisotopic (exact) mass is 292 g/mol. The van der Waals surface area contributed by atoms with Crippen LogP contribution in [0.2, 0.25) is 0 Å². The van der Waals surface area contributed by atoms with Gasteiger partial charge in [0.15, 0.2) is 0 Å². The fourth-order valence-corrected chi connectivity index (χ4v) is 4.09. The van der Waals surface area contributed by atoms with Crippen LogP contribution in [0.5, 0.6) is 0 Å². The van der Waals surface area contributed by atoms with Crippen LogP contribution in [-0.4, -0.2) is 52.4 Å². The van der Waals surface area contributed by atoms with Crippen molar-refractivity contribution in [3.05, 3.63) is 12.2 Å². The van der Waals surface area contributed by atoms with Crippen molar-refractivity contribution in [3.8, 4) is 0 Å². The van der Waals surface area contributed by atoms with Crippen molar-refractivity contribution >= 4 is 5.91 Å². The summed E-state index contributed by atoms with van der Waals surface area (Å²) in [6.45, 7) is 4.75. The molecule has 116 valence electrons. The van der Waals surface area contributed by atoms with Crippen molar-refractivity contribution < 1.29 is 9.53 Å². The summed E-state index contributed by atoms with van der Waals surface area (Å²) in [4.78, 5) is 14.2. The smallest absolute Gasteiger partial charge is 0.248 e. The molecule has 21 heavy (non-hydrogen) atoms. The molecule has 0 N–H and O–H groups in total. The van der Waals surface area contributed by atoms with Gasteiger partial charge in [0.05, 0.1) is 0 Å². The Hall–Kier alpha value is -1.43. The summed E-state index contributed by atoms with van der Waals surface area (Å²) < 4.78 is 7.13. The van der Waals surface area contributed by atoms with Crippen LogP contribution >= 0.6 is 0 Å². The van der Waals surface area contributed by atoms with Gasteiger partial charge in [-0.05, 0) is 25.2 Å². The molecule has 6 heteroatoms. The lowest BCUT2D eigenvalue weighted by Crippen LogP contribution is -2.33. The molecule has 1 unspecified atom stereocenters. The molecule has 1 atom stereocenters. The third kappa shape index (κ3) is 2.46. The number of ether oxygens (including phenoxy) is 1. The summed E-state index contributed by atoms with van der Waals surface area (Å²) >= 11 is 0. The van der Waals surface area contributed by atoms with Crippen LogP contribution in [0, 0.1) is 5.41 Å². The fourth-order valence-electron chi connectivity index (χ4n) is 4.09. The topological polar surface area (TPSA) is 60.2 Å². The van der Waals surface area contributed by atoms with E-state index in [4.69, 9.17) is 4.74 Å². The molecule has 2 heterocycles. The molecule has 1 amide bonds. The minimum atomic E-state index is 0.0915. The number of hydrogen-bond donors (Lipinski definition) is 0.